The van der Waals surface area contributed by atoms with E-state index in [1.165, 1.54) is 13.0 Å². The number of aliphatic hydroxyl groups excluding tert-OH is 1. The van der Waals surface area contributed by atoms with Crippen molar-refractivity contribution in [1.82, 2.24) is 15.0 Å². The fourth-order valence-corrected chi connectivity index (χ4v) is 4.21. The Bertz CT molecular complexity index is 1360. The first-order valence-electron chi connectivity index (χ1n) is 11.2. The number of carbonyl (C=O) groups is 1. The number of rotatable bonds is 9. The lowest BCUT2D eigenvalue weighted by atomic mass is 9.92. The number of methoxy groups -OCH3 is 1. The largest absolute Gasteiger partial charge is 0.490 e. The second-order valence-corrected chi connectivity index (χ2v) is 10.5. The number of pyridine rings is 3. The van der Waals surface area contributed by atoms with Crippen LogP contribution in [0.15, 0.2) is 47.8 Å². The maximum atomic E-state index is 12.3. The topological polar surface area (TPSA) is 153 Å². The summed E-state index contributed by atoms with van der Waals surface area (Å²) in [4.78, 5) is 24.6. The summed E-state index contributed by atoms with van der Waals surface area (Å²) in [5.74, 6) is 0.525. The van der Waals surface area contributed by atoms with Crippen LogP contribution in [-0.2, 0) is 26.0 Å². The summed E-state index contributed by atoms with van der Waals surface area (Å²) >= 11 is 0. The molecule has 0 radical (unpaired) electrons. The molecular formula is C24H27N5O6S. The molecule has 1 fully saturated rings. The number of ether oxygens (including phenoxy) is 2. The average Bonchev–Trinajstić information content (AvgIpc) is 2.78. The first-order chi connectivity index (χ1) is 17.1. The molecule has 12 heteroatoms. The Balaban J connectivity index is 1.73. The van der Waals surface area contributed by atoms with Gasteiger partial charge in [0.15, 0.2) is 14.9 Å². The van der Waals surface area contributed by atoms with Gasteiger partial charge in [0.2, 0.25) is 5.91 Å². The zero-order valence-electron chi connectivity index (χ0n) is 20.1. The van der Waals surface area contributed by atoms with E-state index in [0.29, 0.717) is 48.0 Å². The van der Waals surface area contributed by atoms with Crippen LogP contribution in [0.4, 0.5) is 17.3 Å². The predicted octanol–water partition coefficient (Wildman–Crippen LogP) is 2.69. The molecule has 0 atom stereocenters. The minimum atomic E-state index is -3.65. The summed E-state index contributed by atoms with van der Waals surface area (Å²) in [6.45, 7) is 1.79. The molecule has 1 saturated carbocycles. The molecule has 1 aliphatic carbocycles. The molecule has 4 rings (SSSR count). The number of aromatic nitrogens is 3. The average molecular weight is 514 g/mol. The van der Waals surface area contributed by atoms with Crippen molar-refractivity contribution in [2.75, 3.05) is 24.0 Å². The summed E-state index contributed by atoms with van der Waals surface area (Å²) in [6, 6.07) is 8.23. The standard InChI is InChI=1S/C24H27N5O6S/c1-14(30)27-22-10-21(19(12-26-22)20-5-4-15(11-25-20)13-34-2)28-23-8-18(35-17-6-16(31)7-17)9-24(29-23)36(3,32)33/h4-5,8-12,16-17,31H,6-7,13H2,1-3H3,(H2,26,27,28,29,30). The van der Waals surface area contributed by atoms with Gasteiger partial charge in [0, 0.05) is 69.3 Å². The number of carbonyl (C=O) groups excluding carboxylic acids is 1. The van der Waals surface area contributed by atoms with Gasteiger partial charge < -0.3 is 25.2 Å². The van der Waals surface area contributed by atoms with Gasteiger partial charge in [-0.05, 0) is 11.6 Å². The molecule has 1 aliphatic rings. The molecule has 0 bridgehead atoms. The van der Waals surface area contributed by atoms with E-state index in [4.69, 9.17) is 9.47 Å². The van der Waals surface area contributed by atoms with Crippen LogP contribution in [0.3, 0.4) is 0 Å². The number of sulfone groups is 1. The van der Waals surface area contributed by atoms with Crippen molar-refractivity contribution >= 4 is 33.1 Å². The lowest BCUT2D eigenvalue weighted by molar-refractivity contribution is -0.114. The molecule has 0 unspecified atom stereocenters. The Morgan fingerprint density at radius 2 is 1.92 bits per heavy atom. The van der Waals surface area contributed by atoms with Crippen LogP contribution in [0.5, 0.6) is 5.75 Å². The van der Waals surface area contributed by atoms with E-state index in [0.717, 1.165) is 11.8 Å². The molecule has 36 heavy (non-hydrogen) atoms. The summed E-state index contributed by atoms with van der Waals surface area (Å²) in [7, 11) is -2.05. The fourth-order valence-electron chi connectivity index (χ4n) is 3.62. The first-order valence-corrected chi connectivity index (χ1v) is 13.1. The van der Waals surface area contributed by atoms with Crippen LogP contribution >= 0.6 is 0 Å². The molecule has 0 saturated heterocycles. The predicted molar refractivity (Wildman–Crippen MR) is 133 cm³/mol. The van der Waals surface area contributed by atoms with E-state index in [2.05, 4.69) is 25.6 Å². The fraction of sp³-hybridized carbons (Fsp3) is 0.333. The Morgan fingerprint density at radius 3 is 2.53 bits per heavy atom. The Kier molecular flexibility index (Phi) is 7.48. The molecule has 0 aliphatic heterocycles. The zero-order chi connectivity index (χ0) is 25.9. The Labute approximate surface area is 208 Å². The monoisotopic (exact) mass is 513 g/mol. The van der Waals surface area contributed by atoms with Gasteiger partial charge in [-0.25, -0.2) is 18.4 Å². The molecule has 0 aromatic carbocycles. The van der Waals surface area contributed by atoms with Gasteiger partial charge in [0.25, 0.3) is 0 Å². The molecular weight excluding hydrogens is 486 g/mol. The third-order valence-electron chi connectivity index (χ3n) is 5.41. The number of hydrogen-bond donors (Lipinski definition) is 3. The summed E-state index contributed by atoms with van der Waals surface area (Å²) in [6.07, 6.45) is 4.62. The maximum Gasteiger partial charge on any atom is 0.222 e. The van der Waals surface area contributed by atoms with Crippen LogP contribution in [0.25, 0.3) is 11.3 Å². The number of hydrogen-bond acceptors (Lipinski definition) is 10. The van der Waals surface area contributed by atoms with Crippen molar-refractivity contribution in [2.45, 2.75) is 43.6 Å². The maximum absolute atomic E-state index is 12.3. The second-order valence-electron chi connectivity index (χ2n) is 8.57. The van der Waals surface area contributed by atoms with Crippen molar-refractivity contribution in [3.63, 3.8) is 0 Å². The Hall–Kier alpha value is -3.61. The highest BCUT2D eigenvalue weighted by Crippen LogP contribution is 2.33. The van der Waals surface area contributed by atoms with E-state index in [1.807, 2.05) is 12.1 Å². The van der Waals surface area contributed by atoms with Crippen molar-refractivity contribution in [1.29, 1.82) is 0 Å². The van der Waals surface area contributed by atoms with Crippen LogP contribution < -0.4 is 15.4 Å². The van der Waals surface area contributed by atoms with Crippen LogP contribution in [0.1, 0.15) is 25.3 Å². The molecule has 3 heterocycles. The Morgan fingerprint density at radius 1 is 1.14 bits per heavy atom. The van der Waals surface area contributed by atoms with Gasteiger partial charge >= 0.3 is 0 Å². The van der Waals surface area contributed by atoms with E-state index in [-0.39, 0.29) is 22.9 Å². The first kappa shape index (κ1) is 25.5. The normalized spacial score (nSPS) is 17.2. The summed E-state index contributed by atoms with van der Waals surface area (Å²) in [5, 5.41) is 15.2. The smallest absolute Gasteiger partial charge is 0.222 e. The van der Waals surface area contributed by atoms with Gasteiger partial charge in [-0.1, -0.05) is 6.07 Å². The third-order valence-corrected chi connectivity index (χ3v) is 6.38. The van der Waals surface area contributed by atoms with E-state index >= 15 is 0 Å². The molecule has 0 spiro atoms. The molecule has 3 aromatic rings. The third kappa shape index (κ3) is 6.33. The molecule has 3 N–H and O–H groups in total. The number of amides is 1. The minimum Gasteiger partial charge on any atom is -0.490 e. The quantitative estimate of drug-likeness (QED) is 0.389. The summed E-state index contributed by atoms with van der Waals surface area (Å²) < 4.78 is 35.6. The SMILES string of the molecule is COCc1ccc(-c2cnc(NC(C)=O)cc2Nc2cc(OC3CC(O)C3)cc(S(C)(=O)=O)n2)nc1. The number of nitrogens with zero attached hydrogens (tertiary/aromatic N) is 3. The number of anilines is 3. The van der Waals surface area contributed by atoms with Crippen molar-refractivity contribution in [3.8, 4) is 17.0 Å². The highest BCUT2D eigenvalue weighted by Gasteiger charge is 2.29. The van der Waals surface area contributed by atoms with Gasteiger partial charge in [-0.15, -0.1) is 0 Å². The summed E-state index contributed by atoms with van der Waals surface area (Å²) in [5.41, 5.74) is 2.58. The molecule has 3 aromatic heterocycles. The van der Waals surface area contributed by atoms with Crippen molar-refractivity contribution < 1.29 is 27.8 Å². The molecule has 1 amide bonds. The van der Waals surface area contributed by atoms with Gasteiger partial charge in [0.05, 0.1) is 24.1 Å². The molecule has 11 nitrogen and oxygen atoms in total. The van der Waals surface area contributed by atoms with E-state index < -0.39 is 15.9 Å². The lowest BCUT2D eigenvalue weighted by Gasteiger charge is -2.31. The molecule has 190 valence electrons. The minimum absolute atomic E-state index is 0.165. The lowest BCUT2D eigenvalue weighted by Crippen LogP contribution is -2.37. The second kappa shape index (κ2) is 10.6. The van der Waals surface area contributed by atoms with Gasteiger partial charge in [-0.3, -0.25) is 9.78 Å². The van der Waals surface area contributed by atoms with Crippen LogP contribution in [-0.4, -0.2) is 60.0 Å². The zero-order valence-corrected chi connectivity index (χ0v) is 20.9. The van der Waals surface area contributed by atoms with Crippen molar-refractivity contribution in [2.24, 2.45) is 0 Å². The van der Waals surface area contributed by atoms with Gasteiger partial charge in [0.1, 0.15) is 23.5 Å². The van der Waals surface area contributed by atoms with Crippen molar-refractivity contribution in [3.05, 3.63) is 48.3 Å². The van der Waals surface area contributed by atoms with Gasteiger partial charge in [-0.2, -0.15) is 0 Å². The number of nitrogens with one attached hydrogen (secondary N) is 2. The number of aliphatic hydroxyl groups is 1. The van der Waals surface area contributed by atoms with Crippen LogP contribution in [0.2, 0.25) is 0 Å². The van der Waals surface area contributed by atoms with Crippen LogP contribution in [0, 0.1) is 0 Å². The van der Waals surface area contributed by atoms with E-state index in [1.54, 1.807) is 31.6 Å². The van der Waals surface area contributed by atoms with E-state index in [9.17, 15) is 18.3 Å². The highest BCUT2D eigenvalue weighted by molar-refractivity contribution is 7.90. The highest BCUT2D eigenvalue weighted by atomic mass is 32.2.